The molecule has 0 bridgehead atoms. The maximum atomic E-state index is 12.8. The van der Waals surface area contributed by atoms with Crippen LogP contribution in [0, 0.1) is 0 Å². The Kier molecular flexibility index (Phi) is 58.9. The van der Waals surface area contributed by atoms with Gasteiger partial charge in [-0.25, -0.2) is 4.57 Å². The Balaban J connectivity index is 3.91. The van der Waals surface area contributed by atoms with Gasteiger partial charge < -0.3 is 18.9 Å². The summed E-state index contributed by atoms with van der Waals surface area (Å²) in [6.45, 7) is 4.47. The van der Waals surface area contributed by atoms with E-state index in [2.05, 4.69) is 38.2 Å². The van der Waals surface area contributed by atoms with Crippen LogP contribution in [0.1, 0.15) is 348 Å². The van der Waals surface area contributed by atoms with Gasteiger partial charge in [0.15, 0.2) is 6.10 Å². The number of allylic oxidation sites excluding steroid dienone is 4. The number of hydrogen-bond acceptors (Lipinski definition) is 7. The fourth-order valence-corrected chi connectivity index (χ4v) is 11.0. The van der Waals surface area contributed by atoms with Crippen LogP contribution < -0.4 is 0 Å². The van der Waals surface area contributed by atoms with E-state index < -0.39 is 26.5 Å². The van der Waals surface area contributed by atoms with Crippen LogP contribution in [-0.2, 0) is 32.7 Å². The van der Waals surface area contributed by atoms with E-state index in [9.17, 15) is 19.0 Å². The highest BCUT2D eigenvalue weighted by Gasteiger charge is 2.27. The van der Waals surface area contributed by atoms with Crippen LogP contribution in [-0.4, -0.2) is 74.9 Å². The zero-order valence-electron chi connectivity index (χ0n) is 52.7. The van der Waals surface area contributed by atoms with Crippen molar-refractivity contribution in [2.24, 2.45) is 0 Å². The number of hydrogen-bond donors (Lipinski definition) is 1. The van der Waals surface area contributed by atoms with Crippen molar-refractivity contribution < 1.29 is 42.1 Å². The first-order chi connectivity index (χ1) is 38.0. The maximum absolute atomic E-state index is 12.8. The van der Waals surface area contributed by atoms with Gasteiger partial charge in [0.25, 0.3) is 0 Å². The third-order valence-corrected chi connectivity index (χ3v) is 16.5. The minimum absolute atomic E-state index is 0.0325. The van der Waals surface area contributed by atoms with Gasteiger partial charge in [0.05, 0.1) is 27.7 Å². The van der Waals surface area contributed by atoms with Crippen molar-refractivity contribution in [3.63, 3.8) is 0 Å². The molecule has 0 radical (unpaired) electrons. The zero-order chi connectivity index (χ0) is 57.0. The van der Waals surface area contributed by atoms with Gasteiger partial charge in [-0.05, 0) is 44.9 Å². The van der Waals surface area contributed by atoms with E-state index in [4.69, 9.17) is 18.5 Å². The molecule has 0 rings (SSSR count). The Bertz CT molecular complexity index is 1370. The van der Waals surface area contributed by atoms with E-state index in [1.54, 1.807) is 0 Å². The van der Waals surface area contributed by atoms with Crippen LogP contribution in [0.2, 0.25) is 0 Å². The van der Waals surface area contributed by atoms with Gasteiger partial charge in [-0.15, -0.1) is 0 Å². The quantitative estimate of drug-likeness (QED) is 0.0211. The maximum Gasteiger partial charge on any atom is 0.472 e. The van der Waals surface area contributed by atoms with Crippen molar-refractivity contribution in [1.82, 2.24) is 0 Å². The molecule has 10 heteroatoms. The van der Waals surface area contributed by atoms with E-state index in [1.807, 2.05) is 21.1 Å². The Morgan fingerprint density at radius 2 is 0.692 bits per heavy atom. The number of carbonyl (C=O) groups is 2. The molecule has 0 aliphatic rings. The summed E-state index contributed by atoms with van der Waals surface area (Å²) in [5.41, 5.74) is 0. The highest BCUT2D eigenvalue weighted by molar-refractivity contribution is 7.47. The van der Waals surface area contributed by atoms with Gasteiger partial charge in [0.2, 0.25) is 0 Å². The van der Waals surface area contributed by atoms with Crippen LogP contribution >= 0.6 is 7.82 Å². The molecule has 78 heavy (non-hydrogen) atoms. The van der Waals surface area contributed by atoms with Gasteiger partial charge >= 0.3 is 19.8 Å². The number of phosphoric acid groups is 1. The second-order valence-corrected chi connectivity index (χ2v) is 26.0. The van der Waals surface area contributed by atoms with Crippen molar-refractivity contribution in [2.75, 3.05) is 47.5 Å². The fourth-order valence-electron chi connectivity index (χ4n) is 10.2. The molecule has 0 aromatic heterocycles. The average molecular weight is 1120 g/mol. The van der Waals surface area contributed by atoms with Crippen LogP contribution in [0.4, 0.5) is 0 Å². The number of phosphoric ester groups is 1. The summed E-state index contributed by atoms with van der Waals surface area (Å²) in [5, 5.41) is 0. The average Bonchev–Trinajstić information content (AvgIpc) is 3.40. The first-order valence-corrected chi connectivity index (χ1v) is 35.6. The minimum Gasteiger partial charge on any atom is -0.462 e. The second kappa shape index (κ2) is 60.1. The fraction of sp³-hybridized carbons (Fsp3) is 0.912. The molecular formula is C68H133NO8P+. The van der Waals surface area contributed by atoms with Gasteiger partial charge in [-0.3, -0.25) is 18.6 Å². The third-order valence-electron chi connectivity index (χ3n) is 15.5. The molecule has 0 aromatic rings. The highest BCUT2D eigenvalue weighted by Crippen LogP contribution is 2.43. The predicted molar refractivity (Wildman–Crippen MR) is 335 cm³/mol. The first-order valence-electron chi connectivity index (χ1n) is 34.1. The number of esters is 2. The SMILES string of the molecule is CCCCCC/C=C\C/C=C\CCCCCCCCCC(=O)OC(COC(=O)CCCCCCCCCCCCCCCCCCCCCCCCCCCCCCCCCCCCCC)COP(=O)(O)OCC[N+](C)(C)C. The molecule has 2 atom stereocenters. The number of ether oxygens (including phenoxy) is 2. The smallest absolute Gasteiger partial charge is 0.462 e. The van der Waals surface area contributed by atoms with E-state index in [0.29, 0.717) is 23.9 Å². The lowest BCUT2D eigenvalue weighted by molar-refractivity contribution is -0.870. The molecule has 0 fully saturated rings. The molecular weight excluding hydrogens is 990 g/mol. The summed E-state index contributed by atoms with van der Waals surface area (Å²) < 4.78 is 34.6. The van der Waals surface area contributed by atoms with E-state index in [1.165, 1.54) is 263 Å². The van der Waals surface area contributed by atoms with Crippen LogP contribution in [0.15, 0.2) is 24.3 Å². The summed E-state index contributed by atoms with van der Waals surface area (Å²) in [5.74, 6) is -0.788. The lowest BCUT2D eigenvalue weighted by atomic mass is 10.0. The summed E-state index contributed by atoms with van der Waals surface area (Å²) >= 11 is 0. The largest absolute Gasteiger partial charge is 0.472 e. The summed E-state index contributed by atoms with van der Waals surface area (Å²) in [6.07, 6.45) is 74.4. The van der Waals surface area contributed by atoms with Crippen molar-refractivity contribution in [2.45, 2.75) is 354 Å². The lowest BCUT2D eigenvalue weighted by Crippen LogP contribution is -2.37. The van der Waals surface area contributed by atoms with Crippen LogP contribution in [0.3, 0.4) is 0 Å². The predicted octanol–water partition coefficient (Wildman–Crippen LogP) is 21.7. The highest BCUT2D eigenvalue weighted by atomic mass is 31.2. The van der Waals surface area contributed by atoms with E-state index in [-0.39, 0.29) is 25.6 Å². The first kappa shape index (κ1) is 76.5. The van der Waals surface area contributed by atoms with Crippen molar-refractivity contribution >= 4 is 19.8 Å². The zero-order valence-corrected chi connectivity index (χ0v) is 53.6. The Labute approximate surface area is 485 Å². The van der Waals surface area contributed by atoms with Crippen LogP contribution in [0.25, 0.3) is 0 Å². The van der Waals surface area contributed by atoms with Gasteiger partial charge in [0.1, 0.15) is 19.8 Å². The molecule has 462 valence electrons. The molecule has 2 unspecified atom stereocenters. The number of quaternary nitrogens is 1. The second-order valence-electron chi connectivity index (χ2n) is 24.6. The van der Waals surface area contributed by atoms with Gasteiger partial charge in [-0.2, -0.15) is 0 Å². The van der Waals surface area contributed by atoms with Crippen molar-refractivity contribution in [3.05, 3.63) is 24.3 Å². The molecule has 0 aromatic carbocycles. The van der Waals surface area contributed by atoms with Crippen molar-refractivity contribution in [3.8, 4) is 0 Å². The number of carbonyl (C=O) groups excluding carboxylic acids is 2. The lowest BCUT2D eigenvalue weighted by Gasteiger charge is -2.24. The van der Waals surface area contributed by atoms with Crippen LogP contribution in [0.5, 0.6) is 0 Å². The number of nitrogens with zero attached hydrogens (tertiary/aromatic N) is 1. The normalized spacial score (nSPS) is 13.3. The molecule has 0 saturated heterocycles. The molecule has 0 saturated carbocycles. The number of unbranched alkanes of at least 4 members (excludes halogenated alkanes) is 46. The van der Waals surface area contributed by atoms with Gasteiger partial charge in [-0.1, -0.05) is 314 Å². The Hall–Kier alpha value is -1.51. The Morgan fingerprint density at radius 1 is 0.397 bits per heavy atom. The molecule has 9 nitrogen and oxygen atoms in total. The van der Waals surface area contributed by atoms with Crippen molar-refractivity contribution in [1.29, 1.82) is 0 Å². The Morgan fingerprint density at radius 3 is 1.03 bits per heavy atom. The summed E-state index contributed by atoms with van der Waals surface area (Å²) in [6, 6.07) is 0. The summed E-state index contributed by atoms with van der Waals surface area (Å²) in [4.78, 5) is 35.8. The molecule has 0 amide bonds. The van der Waals surface area contributed by atoms with E-state index in [0.717, 1.165) is 51.4 Å². The molecule has 0 aliphatic carbocycles. The van der Waals surface area contributed by atoms with Gasteiger partial charge in [0, 0.05) is 12.8 Å². The number of rotatable bonds is 64. The molecule has 1 N–H and O–H groups in total. The summed E-state index contributed by atoms with van der Waals surface area (Å²) in [7, 11) is 1.49. The molecule has 0 aliphatic heterocycles. The third kappa shape index (κ3) is 63.7. The van der Waals surface area contributed by atoms with E-state index >= 15 is 0 Å². The monoisotopic (exact) mass is 1120 g/mol. The number of likely N-dealkylation sites (N-methyl/N-ethyl adjacent to an activating group) is 1. The topological polar surface area (TPSA) is 108 Å². The standard InChI is InChI=1S/C68H132NO8P/c1-6-8-10-12-14-16-18-20-22-24-26-27-28-29-30-31-32-33-34-35-36-37-38-39-40-41-42-43-45-46-48-50-52-54-56-58-60-67(70)74-64-66(65-76-78(72,73)75-63-62-69(3,4)5)77-68(71)61-59-57-55-53-51-49-47-44-25-23-21-19-17-15-13-11-9-7-2/h17,19,23,25,66H,6-16,18,20-22,24,26-65H2,1-5H3/p+1/b19-17-,25-23-. The molecule has 0 heterocycles. The minimum atomic E-state index is -4.39. The molecule has 0 spiro atoms.